The summed E-state index contributed by atoms with van der Waals surface area (Å²) in [6.07, 6.45) is 2.36. The van der Waals surface area contributed by atoms with Crippen molar-refractivity contribution in [3.05, 3.63) is 57.6 Å². The minimum absolute atomic E-state index is 0.126. The third-order valence-corrected chi connectivity index (χ3v) is 5.12. The summed E-state index contributed by atoms with van der Waals surface area (Å²) >= 11 is 12.4. The van der Waals surface area contributed by atoms with Crippen LogP contribution in [0.25, 0.3) is 0 Å². The summed E-state index contributed by atoms with van der Waals surface area (Å²) in [6, 6.07) is 8.01. The molecule has 1 aliphatic rings. The van der Waals surface area contributed by atoms with E-state index in [4.69, 9.17) is 23.2 Å². The maximum Gasteiger partial charge on any atom is 0.226 e. The van der Waals surface area contributed by atoms with E-state index in [9.17, 15) is 4.39 Å². The second-order valence-corrected chi connectivity index (χ2v) is 7.26. The van der Waals surface area contributed by atoms with Gasteiger partial charge in [-0.2, -0.15) is 15.1 Å². The van der Waals surface area contributed by atoms with E-state index in [0.29, 0.717) is 23.5 Å². The molecule has 4 rings (SSSR count). The summed E-state index contributed by atoms with van der Waals surface area (Å²) in [4.78, 5) is 8.57. The van der Waals surface area contributed by atoms with Gasteiger partial charge in [0.15, 0.2) is 16.8 Å². The van der Waals surface area contributed by atoms with Gasteiger partial charge < -0.3 is 10.6 Å². The number of halogens is 3. The van der Waals surface area contributed by atoms with Crippen LogP contribution in [0.5, 0.6) is 0 Å². The Kier molecular flexibility index (Phi) is 4.88. The molecular formula is C18H17Cl2FN6. The SMILES string of the molecule is C[C@H](Nc1nc(Cl)c(Cl)c(Nc2cc(C3CC3)[nH]n2)n1)c1ccc(F)cc1. The quantitative estimate of drug-likeness (QED) is 0.475. The summed E-state index contributed by atoms with van der Waals surface area (Å²) < 4.78 is 13.1. The van der Waals surface area contributed by atoms with Crippen molar-refractivity contribution in [2.45, 2.75) is 31.7 Å². The highest BCUT2D eigenvalue weighted by molar-refractivity contribution is 6.42. The lowest BCUT2D eigenvalue weighted by molar-refractivity contribution is 0.626. The van der Waals surface area contributed by atoms with Crippen LogP contribution in [-0.4, -0.2) is 20.2 Å². The lowest BCUT2D eigenvalue weighted by atomic mass is 10.1. The molecule has 140 valence electrons. The number of nitrogens with one attached hydrogen (secondary N) is 3. The summed E-state index contributed by atoms with van der Waals surface area (Å²) in [6.45, 7) is 1.92. The van der Waals surface area contributed by atoms with E-state index in [0.717, 1.165) is 11.3 Å². The Hall–Kier alpha value is -2.38. The number of aromatic amines is 1. The first-order valence-electron chi connectivity index (χ1n) is 8.57. The smallest absolute Gasteiger partial charge is 0.226 e. The average molecular weight is 407 g/mol. The van der Waals surface area contributed by atoms with Gasteiger partial charge in [0, 0.05) is 17.7 Å². The summed E-state index contributed by atoms with van der Waals surface area (Å²) in [5.74, 6) is 1.56. The summed E-state index contributed by atoms with van der Waals surface area (Å²) in [5.41, 5.74) is 1.99. The Morgan fingerprint density at radius 1 is 1.19 bits per heavy atom. The fraction of sp³-hybridized carbons (Fsp3) is 0.278. The zero-order chi connectivity index (χ0) is 19.0. The van der Waals surface area contributed by atoms with Gasteiger partial charge in [-0.05, 0) is 37.5 Å². The van der Waals surface area contributed by atoms with Crippen molar-refractivity contribution >= 4 is 40.8 Å². The molecule has 0 spiro atoms. The van der Waals surface area contributed by atoms with E-state index in [1.807, 2.05) is 13.0 Å². The average Bonchev–Trinajstić information content (AvgIpc) is 3.39. The number of anilines is 3. The molecule has 1 saturated carbocycles. The lowest BCUT2D eigenvalue weighted by Crippen LogP contribution is -2.11. The molecule has 3 aromatic rings. The molecule has 9 heteroatoms. The highest BCUT2D eigenvalue weighted by Gasteiger charge is 2.25. The molecule has 2 heterocycles. The number of hydrogen-bond acceptors (Lipinski definition) is 5. The van der Waals surface area contributed by atoms with Crippen LogP contribution in [0.3, 0.4) is 0 Å². The van der Waals surface area contributed by atoms with Gasteiger partial charge in [-0.15, -0.1) is 0 Å². The van der Waals surface area contributed by atoms with Crippen molar-refractivity contribution in [2.24, 2.45) is 0 Å². The molecule has 6 nitrogen and oxygen atoms in total. The van der Waals surface area contributed by atoms with Crippen LogP contribution in [0.2, 0.25) is 10.2 Å². The number of hydrogen-bond donors (Lipinski definition) is 3. The van der Waals surface area contributed by atoms with E-state index in [-0.39, 0.29) is 22.0 Å². The Morgan fingerprint density at radius 3 is 2.63 bits per heavy atom. The highest BCUT2D eigenvalue weighted by Crippen LogP contribution is 2.40. The van der Waals surface area contributed by atoms with Crippen molar-refractivity contribution in [3.63, 3.8) is 0 Å². The second-order valence-electron chi connectivity index (χ2n) is 6.53. The molecule has 0 saturated heterocycles. The zero-order valence-electron chi connectivity index (χ0n) is 14.4. The van der Waals surface area contributed by atoms with Crippen LogP contribution < -0.4 is 10.6 Å². The van der Waals surface area contributed by atoms with Gasteiger partial charge in [0.2, 0.25) is 5.95 Å². The molecule has 1 aliphatic carbocycles. The molecule has 0 radical (unpaired) electrons. The monoisotopic (exact) mass is 406 g/mol. The van der Waals surface area contributed by atoms with Crippen molar-refractivity contribution in [1.29, 1.82) is 0 Å². The number of nitrogens with zero attached hydrogens (tertiary/aromatic N) is 3. The molecule has 1 atom stereocenters. The molecule has 0 unspecified atom stereocenters. The minimum atomic E-state index is -0.284. The van der Waals surface area contributed by atoms with Gasteiger partial charge in [-0.1, -0.05) is 35.3 Å². The fourth-order valence-electron chi connectivity index (χ4n) is 2.72. The predicted octanol–water partition coefficient (Wildman–Crippen LogP) is 5.44. The van der Waals surface area contributed by atoms with Crippen molar-refractivity contribution in [3.8, 4) is 0 Å². The first-order chi connectivity index (χ1) is 13.0. The van der Waals surface area contributed by atoms with E-state index in [2.05, 4.69) is 30.8 Å². The Labute approximate surface area is 165 Å². The third kappa shape index (κ3) is 4.14. The molecule has 3 N–H and O–H groups in total. The van der Waals surface area contributed by atoms with Gasteiger partial charge in [0.1, 0.15) is 10.8 Å². The molecule has 0 amide bonds. The first kappa shape index (κ1) is 18.0. The maximum atomic E-state index is 13.1. The molecule has 0 bridgehead atoms. The van der Waals surface area contributed by atoms with Crippen LogP contribution in [0.4, 0.5) is 22.0 Å². The van der Waals surface area contributed by atoms with E-state index >= 15 is 0 Å². The van der Waals surface area contributed by atoms with Crippen molar-refractivity contribution in [2.75, 3.05) is 10.6 Å². The fourth-order valence-corrected chi connectivity index (χ4v) is 3.02. The minimum Gasteiger partial charge on any atom is -0.348 e. The van der Waals surface area contributed by atoms with Crippen LogP contribution in [0.1, 0.15) is 43.0 Å². The molecule has 0 aliphatic heterocycles. The standard InChI is InChI=1S/C18H17Cl2FN6/c1-9(10-4-6-12(21)7-5-10)22-18-24-16(20)15(19)17(25-18)23-14-8-13(26-27-14)11-2-3-11/h4-9,11H,2-3H2,1H3,(H3,22,23,24,25,26,27)/t9-/m0/s1. The Bertz CT molecular complexity index is 955. The second kappa shape index (κ2) is 7.32. The van der Waals surface area contributed by atoms with Crippen LogP contribution in [0, 0.1) is 5.82 Å². The van der Waals surface area contributed by atoms with Crippen molar-refractivity contribution < 1.29 is 4.39 Å². The predicted molar refractivity (Wildman–Crippen MR) is 104 cm³/mol. The summed E-state index contributed by atoms with van der Waals surface area (Å²) in [5, 5.41) is 13.8. The van der Waals surface area contributed by atoms with Gasteiger partial charge in [-0.25, -0.2) is 4.39 Å². The maximum absolute atomic E-state index is 13.1. The van der Waals surface area contributed by atoms with Crippen LogP contribution in [0.15, 0.2) is 30.3 Å². The number of aromatic nitrogens is 4. The van der Waals surface area contributed by atoms with Gasteiger partial charge in [-0.3, -0.25) is 5.10 Å². The molecule has 27 heavy (non-hydrogen) atoms. The Balaban J connectivity index is 1.53. The largest absolute Gasteiger partial charge is 0.348 e. The van der Waals surface area contributed by atoms with E-state index in [1.54, 1.807) is 12.1 Å². The summed E-state index contributed by atoms with van der Waals surface area (Å²) in [7, 11) is 0. The van der Waals surface area contributed by atoms with Crippen LogP contribution in [-0.2, 0) is 0 Å². The molecular weight excluding hydrogens is 390 g/mol. The topological polar surface area (TPSA) is 78.5 Å². The Morgan fingerprint density at radius 2 is 1.93 bits per heavy atom. The zero-order valence-corrected chi connectivity index (χ0v) is 15.9. The van der Waals surface area contributed by atoms with Crippen molar-refractivity contribution in [1.82, 2.24) is 20.2 Å². The van der Waals surface area contributed by atoms with Gasteiger partial charge in [0.25, 0.3) is 0 Å². The molecule has 1 fully saturated rings. The molecule has 1 aromatic carbocycles. The number of benzene rings is 1. The normalized spacial score (nSPS) is 14.8. The first-order valence-corrected chi connectivity index (χ1v) is 9.32. The third-order valence-electron chi connectivity index (χ3n) is 4.39. The van der Waals surface area contributed by atoms with E-state index < -0.39 is 0 Å². The van der Waals surface area contributed by atoms with E-state index in [1.165, 1.54) is 25.0 Å². The number of rotatable bonds is 6. The highest BCUT2D eigenvalue weighted by atomic mass is 35.5. The molecule has 2 aromatic heterocycles. The lowest BCUT2D eigenvalue weighted by Gasteiger charge is -2.16. The number of H-pyrrole nitrogens is 1. The van der Waals surface area contributed by atoms with Gasteiger partial charge >= 0.3 is 0 Å². The van der Waals surface area contributed by atoms with Gasteiger partial charge in [0.05, 0.1) is 6.04 Å². The van der Waals surface area contributed by atoms with Crippen LogP contribution >= 0.6 is 23.2 Å².